The van der Waals surface area contributed by atoms with Gasteiger partial charge in [0.05, 0.1) is 0 Å². The molecule has 1 aromatic heterocycles. The Morgan fingerprint density at radius 3 is 3.23 bits per heavy atom. The molecule has 1 aliphatic heterocycles. The molecule has 0 bridgehead atoms. The van der Waals surface area contributed by atoms with E-state index in [1.165, 1.54) is 12.8 Å². The summed E-state index contributed by atoms with van der Waals surface area (Å²) >= 11 is 3.42. The third kappa shape index (κ3) is 1.62. The SMILES string of the molecule is CNCC1CCCc2nnc(Br)n21. The van der Waals surface area contributed by atoms with Crippen molar-refractivity contribution in [2.75, 3.05) is 13.6 Å². The monoisotopic (exact) mass is 244 g/mol. The number of halogens is 1. The van der Waals surface area contributed by atoms with Crippen molar-refractivity contribution in [2.24, 2.45) is 0 Å². The molecule has 1 N–H and O–H groups in total. The Balaban J connectivity index is 2.29. The standard InChI is InChI=1S/C8H13BrN4/c1-10-5-6-3-2-4-7-11-12-8(9)13(6)7/h6,10H,2-5H2,1H3. The minimum Gasteiger partial charge on any atom is -0.318 e. The molecule has 1 aliphatic rings. The summed E-state index contributed by atoms with van der Waals surface area (Å²) in [6.07, 6.45) is 3.49. The van der Waals surface area contributed by atoms with Crippen LogP contribution in [0.1, 0.15) is 24.7 Å². The average Bonchev–Trinajstić information content (AvgIpc) is 2.50. The van der Waals surface area contributed by atoms with E-state index >= 15 is 0 Å². The van der Waals surface area contributed by atoms with Crippen molar-refractivity contribution >= 4 is 15.9 Å². The number of fused-ring (bicyclic) bond motifs is 1. The van der Waals surface area contributed by atoms with E-state index in [0.717, 1.165) is 23.5 Å². The Hall–Kier alpha value is -0.420. The highest BCUT2D eigenvalue weighted by Crippen LogP contribution is 2.26. The second-order valence-electron chi connectivity index (χ2n) is 3.36. The first-order chi connectivity index (χ1) is 6.33. The van der Waals surface area contributed by atoms with E-state index in [-0.39, 0.29) is 0 Å². The third-order valence-corrected chi connectivity index (χ3v) is 3.01. The van der Waals surface area contributed by atoms with Gasteiger partial charge in [-0.05, 0) is 35.8 Å². The molecule has 0 fully saturated rings. The van der Waals surface area contributed by atoms with Crippen LogP contribution in [0.15, 0.2) is 4.73 Å². The quantitative estimate of drug-likeness (QED) is 0.849. The fraction of sp³-hybridized carbons (Fsp3) is 0.750. The predicted octanol–water partition coefficient (Wildman–Crippen LogP) is 1.14. The summed E-state index contributed by atoms with van der Waals surface area (Å²) in [4.78, 5) is 0. The Morgan fingerprint density at radius 1 is 1.62 bits per heavy atom. The molecule has 0 spiro atoms. The Bertz CT molecular complexity index is 296. The lowest BCUT2D eigenvalue weighted by Gasteiger charge is -2.24. The summed E-state index contributed by atoms with van der Waals surface area (Å²) in [5.74, 6) is 1.11. The third-order valence-electron chi connectivity index (χ3n) is 2.47. The molecule has 2 rings (SSSR count). The van der Waals surface area contributed by atoms with Gasteiger partial charge in [-0.25, -0.2) is 0 Å². The normalized spacial score (nSPS) is 21.5. The zero-order valence-electron chi connectivity index (χ0n) is 7.63. The van der Waals surface area contributed by atoms with Gasteiger partial charge in [0, 0.05) is 19.0 Å². The molecule has 72 valence electrons. The molecule has 2 heterocycles. The van der Waals surface area contributed by atoms with Crippen LogP contribution in [-0.4, -0.2) is 28.4 Å². The number of nitrogens with zero attached hydrogens (tertiary/aromatic N) is 3. The molecular weight excluding hydrogens is 232 g/mol. The zero-order valence-corrected chi connectivity index (χ0v) is 9.21. The molecule has 5 heteroatoms. The van der Waals surface area contributed by atoms with Gasteiger partial charge < -0.3 is 9.88 Å². The molecule has 0 saturated carbocycles. The smallest absolute Gasteiger partial charge is 0.200 e. The van der Waals surface area contributed by atoms with E-state index in [2.05, 4.69) is 36.0 Å². The molecule has 0 aliphatic carbocycles. The fourth-order valence-corrected chi connectivity index (χ4v) is 2.46. The summed E-state index contributed by atoms with van der Waals surface area (Å²) < 4.78 is 3.06. The first-order valence-corrected chi connectivity index (χ1v) is 5.36. The highest BCUT2D eigenvalue weighted by Gasteiger charge is 2.22. The summed E-state index contributed by atoms with van der Waals surface area (Å²) in [7, 11) is 1.98. The summed E-state index contributed by atoms with van der Waals surface area (Å²) in [5, 5.41) is 11.4. The van der Waals surface area contributed by atoms with Crippen molar-refractivity contribution < 1.29 is 0 Å². The number of nitrogens with one attached hydrogen (secondary N) is 1. The summed E-state index contributed by atoms with van der Waals surface area (Å²) in [6, 6.07) is 0.512. The molecule has 0 radical (unpaired) electrons. The van der Waals surface area contributed by atoms with Gasteiger partial charge in [0.25, 0.3) is 0 Å². The minimum absolute atomic E-state index is 0.512. The molecule has 0 amide bonds. The highest BCUT2D eigenvalue weighted by atomic mass is 79.9. The number of rotatable bonds is 2. The molecule has 13 heavy (non-hydrogen) atoms. The van der Waals surface area contributed by atoms with Crippen LogP contribution >= 0.6 is 15.9 Å². The molecule has 0 aromatic carbocycles. The first kappa shape index (κ1) is 9.15. The number of likely N-dealkylation sites (N-methyl/N-ethyl adjacent to an activating group) is 1. The van der Waals surface area contributed by atoms with Crippen LogP contribution in [0.2, 0.25) is 0 Å². The average molecular weight is 245 g/mol. The van der Waals surface area contributed by atoms with Gasteiger partial charge in [0.2, 0.25) is 0 Å². The Morgan fingerprint density at radius 2 is 2.46 bits per heavy atom. The Kier molecular flexibility index (Phi) is 2.64. The summed E-state index contributed by atoms with van der Waals surface area (Å²) in [6.45, 7) is 0.990. The summed E-state index contributed by atoms with van der Waals surface area (Å²) in [5.41, 5.74) is 0. The van der Waals surface area contributed by atoms with Crippen LogP contribution < -0.4 is 5.32 Å². The Labute approximate surface area is 85.9 Å². The zero-order chi connectivity index (χ0) is 9.26. The molecular formula is C8H13BrN4. The van der Waals surface area contributed by atoms with Crippen molar-refractivity contribution in [3.05, 3.63) is 10.6 Å². The van der Waals surface area contributed by atoms with Crippen LogP contribution in [0.3, 0.4) is 0 Å². The molecule has 4 nitrogen and oxygen atoms in total. The predicted molar refractivity (Wildman–Crippen MR) is 53.6 cm³/mol. The van der Waals surface area contributed by atoms with Crippen molar-refractivity contribution in [3.8, 4) is 0 Å². The van der Waals surface area contributed by atoms with Gasteiger partial charge in [-0.15, -0.1) is 10.2 Å². The maximum absolute atomic E-state index is 4.13. The van der Waals surface area contributed by atoms with Crippen LogP contribution in [0.25, 0.3) is 0 Å². The van der Waals surface area contributed by atoms with Gasteiger partial charge in [0.15, 0.2) is 4.73 Å². The fourth-order valence-electron chi connectivity index (χ4n) is 1.89. The van der Waals surface area contributed by atoms with E-state index in [4.69, 9.17) is 0 Å². The van der Waals surface area contributed by atoms with Gasteiger partial charge in [-0.1, -0.05) is 0 Å². The van der Waals surface area contributed by atoms with Crippen LogP contribution in [0.5, 0.6) is 0 Å². The lowest BCUT2D eigenvalue weighted by Crippen LogP contribution is -2.27. The molecule has 1 unspecified atom stereocenters. The maximum atomic E-state index is 4.13. The topological polar surface area (TPSA) is 42.7 Å². The second-order valence-corrected chi connectivity index (χ2v) is 4.07. The first-order valence-electron chi connectivity index (χ1n) is 4.57. The highest BCUT2D eigenvalue weighted by molar-refractivity contribution is 9.10. The lowest BCUT2D eigenvalue weighted by molar-refractivity contribution is 0.380. The van der Waals surface area contributed by atoms with Crippen molar-refractivity contribution in [3.63, 3.8) is 0 Å². The van der Waals surface area contributed by atoms with E-state index in [0.29, 0.717) is 6.04 Å². The van der Waals surface area contributed by atoms with Crippen molar-refractivity contribution in [1.29, 1.82) is 0 Å². The van der Waals surface area contributed by atoms with E-state index in [9.17, 15) is 0 Å². The van der Waals surface area contributed by atoms with E-state index in [1.807, 2.05) is 7.05 Å². The van der Waals surface area contributed by atoms with Crippen LogP contribution in [-0.2, 0) is 6.42 Å². The lowest BCUT2D eigenvalue weighted by atomic mass is 10.0. The van der Waals surface area contributed by atoms with Gasteiger partial charge in [-0.2, -0.15) is 0 Å². The van der Waals surface area contributed by atoms with E-state index in [1.54, 1.807) is 0 Å². The maximum Gasteiger partial charge on any atom is 0.200 e. The molecule has 1 atom stereocenters. The van der Waals surface area contributed by atoms with Crippen molar-refractivity contribution in [2.45, 2.75) is 25.3 Å². The number of aromatic nitrogens is 3. The van der Waals surface area contributed by atoms with Gasteiger partial charge in [0.1, 0.15) is 5.82 Å². The molecule has 1 aromatic rings. The molecule has 0 saturated heterocycles. The van der Waals surface area contributed by atoms with Gasteiger partial charge in [-0.3, -0.25) is 0 Å². The minimum atomic E-state index is 0.512. The second kappa shape index (κ2) is 3.75. The van der Waals surface area contributed by atoms with E-state index < -0.39 is 0 Å². The number of hydrogen-bond donors (Lipinski definition) is 1. The van der Waals surface area contributed by atoms with Crippen molar-refractivity contribution in [1.82, 2.24) is 20.1 Å². The number of hydrogen-bond acceptors (Lipinski definition) is 3. The van der Waals surface area contributed by atoms with Crippen LogP contribution in [0, 0.1) is 0 Å². The number of aryl methyl sites for hydroxylation is 1. The largest absolute Gasteiger partial charge is 0.318 e. The van der Waals surface area contributed by atoms with Gasteiger partial charge >= 0.3 is 0 Å². The van der Waals surface area contributed by atoms with Crippen LogP contribution in [0.4, 0.5) is 0 Å².